The predicted octanol–water partition coefficient (Wildman–Crippen LogP) is 2.87. The van der Waals surface area contributed by atoms with Gasteiger partial charge < -0.3 is 14.4 Å². The van der Waals surface area contributed by atoms with Gasteiger partial charge in [-0.1, -0.05) is 0 Å². The first kappa shape index (κ1) is 18.2. The number of hydrogen-bond acceptors (Lipinski definition) is 3. The fourth-order valence-electron chi connectivity index (χ4n) is 4.45. The molecule has 2 aliphatic heterocycles. The van der Waals surface area contributed by atoms with Crippen molar-refractivity contribution in [3.8, 4) is 5.75 Å². The van der Waals surface area contributed by atoms with Gasteiger partial charge in [0, 0.05) is 5.92 Å². The molecular formula is C21H32NO3+. The summed E-state index contributed by atoms with van der Waals surface area (Å²) in [4.78, 5) is 14.0. The molecule has 0 bridgehead atoms. The summed E-state index contributed by atoms with van der Waals surface area (Å²) < 4.78 is 11.1. The van der Waals surface area contributed by atoms with Crippen molar-refractivity contribution in [1.29, 1.82) is 0 Å². The van der Waals surface area contributed by atoms with Crippen LogP contribution in [0.2, 0.25) is 0 Å². The molecule has 25 heavy (non-hydrogen) atoms. The topological polar surface area (TPSA) is 40.0 Å². The maximum Gasteiger partial charge on any atom is 0.338 e. The minimum absolute atomic E-state index is 0.134. The Morgan fingerprint density at radius 2 is 1.88 bits per heavy atom. The Balaban J connectivity index is 1.45. The Hall–Kier alpha value is -1.55. The number of rotatable bonds is 6. The summed E-state index contributed by atoms with van der Waals surface area (Å²) in [6.07, 6.45) is 7.86. The van der Waals surface area contributed by atoms with Crippen LogP contribution >= 0.6 is 0 Å². The van der Waals surface area contributed by atoms with Crippen molar-refractivity contribution in [1.82, 2.24) is 0 Å². The second kappa shape index (κ2) is 8.70. The normalized spacial score (nSPS) is 26.1. The lowest BCUT2D eigenvalue weighted by Gasteiger charge is -2.41. The second-order valence-electron chi connectivity index (χ2n) is 7.78. The van der Waals surface area contributed by atoms with E-state index >= 15 is 0 Å². The summed E-state index contributed by atoms with van der Waals surface area (Å²) >= 11 is 0. The molecule has 0 saturated carbocycles. The van der Waals surface area contributed by atoms with Crippen LogP contribution < -0.4 is 9.64 Å². The van der Waals surface area contributed by atoms with E-state index in [1.165, 1.54) is 45.2 Å². The minimum Gasteiger partial charge on any atom is -0.491 e. The van der Waals surface area contributed by atoms with Crippen LogP contribution in [-0.4, -0.2) is 37.8 Å². The summed E-state index contributed by atoms with van der Waals surface area (Å²) in [6.45, 7) is 7.19. The molecule has 0 radical (unpaired) electrons. The third-order valence-corrected chi connectivity index (χ3v) is 5.61. The van der Waals surface area contributed by atoms with E-state index < -0.39 is 0 Å². The van der Waals surface area contributed by atoms with Gasteiger partial charge in [-0.3, -0.25) is 0 Å². The average molecular weight is 346 g/mol. The molecule has 138 valence electrons. The second-order valence-corrected chi connectivity index (χ2v) is 7.78. The van der Waals surface area contributed by atoms with Gasteiger partial charge in [-0.25, -0.2) is 4.79 Å². The maximum atomic E-state index is 12.2. The molecule has 1 unspecified atom stereocenters. The Kier molecular flexibility index (Phi) is 6.35. The number of benzene rings is 1. The Labute approximate surface area is 151 Å². The number of esters is 1. The third kappa shape index (κ3) is 4.97. The Morgan fingerprint density at radius 1 is 1.12 bits per heavy atom. The van der Waals surface area contributed by atoms with Crippen molar-refractivity contribution in [2.45, 2.75) is 64.5 Å². The molecule has 4 heteroatoms. The van der Waals surface area contributed by atoms with Gasteiger partial charge in [0.15, 0.2) is 0 Å². The van der Waals surface area contributed by atoms with E-state index in [2.05, 4.69) is 0 Å². The molecule has 2 saturated heterocycles. The molecule has 0 amide bonds. The SMILES string of the molecule is CC(C)Oc1ccc(C(=O)OCC[C@H]2CCC[NH+]3CCCC[C@H]23)cc1. The van der Waals surface area contributed by atoms with E-state index in [0.717, 1.165) is 24.1 Å². The van der Waals surface area contributed by atoms with Crippen molar-refractivity contribution in [2.24, 2.45) is 5.92 Å². The number of ether oxygens (including phenoxy) is 2. The highest BCUT2D eigenvalue weighted by Crippen LogP contribution is 2.23. The van der Waals surface area contributed by atoms with Gasteiger partial charge in [-0.15, -0.1) is 0 Å². The highest BCUT2D eigenvalue weighted by Gasteiger charge is 2.36. The van der Waals surface area contributed by atoms with Gasteiger partial charge in [0.1, 0.15) is 5.75 Å². The number of carbonyl (C=O) groups excluding carboxylic acids is 1. The molecule has 1 aromatic rings. The predicted molar refractivity (Wildman–Crippen MR) is 98.2 cm³/mol. The molecule has 3 rings (SSSR count). The summed E-state index contributed by atoms with van der Waals surface area (Å²) in [5.41, 5.74) is 0.602. The number of hydrogen-bond donors (Lipinski definition) is 1. The fourth-order valence-corrected chi connectivity index (χ4v) is 4.45. The maximum absolute atomic E-state index is 12.2. The summed E-state index contributed by atoms with van der Waals surface area (Å²) in [7, 11) is 0. The Morgan fingerprint density at radius 3 is 2.64 bits per heavy atom. The lowest BCUT2D eigenvalue weighted by molar-refractivity contribution is -0.940. The van der Waals surface area contributed by atoms with E-state index in [1.807, 2.05) is 26.0 Å². The van der Waals surface area contributed by atoms with Crippen molar-refractivity contribution in [2.75, 3.05) is 19.7 Å². The van der Waals surface area contributed by atoms with Crippen LogP contribution in [0.4, 0.5) is 0 Å². The lowest BCUT2D eigenvalue weighted by atomic mass is 9.82. The van der Waals surface area contributed by atoms with Gasteiger partial charge in [-0.2, -0.15) is 0 Å². The highest BCUT2D eigenvalue weighted by atomic mass is 16.5. The quantitative estimate of drug-likeness (QED) is 0.805. The standard InChI is InChI=1S/C21H31NO3/c1-16(2)25-19-10-8-18(9-11-19)21(23)24-15-12-17-6-5-14-22-13-4-3-7-20(17)22/h8-11,16-17,20H,3-7,12-15H2,1-2H3/p+1/t17-,20-/m1/s1. The highest BCUT2D eigenvalue weighted by molar-refractivity contribution is 5.89. The first-order valence-corrected chi connectivity index (χ1v) is 9.92. The molecule has 2 fully saturated rings. The largest absolute Gasteiger partial charge is 0.491 e. The van der Waals surface area contributed by atoms with Crippen LogP contribution in [0.5, 0.6) is 5.75 Å². The van der Waals surface area contributed by atoms with Crippen molar-refractivity contribution in [3.05, 3.63) is 29.8 Å². The monoisotopic (exact) mass is 346 g/mol. The zero-order valence-corrected chi connectivity index (χ0v) is 15.6. The molecule has 0 aromatic heterocycles. The van der Waals surface area contributed by atoms with E-state index in [0.29, 0.717) is 12.2 Å². The molecule has 4 nitrogen and oxygen atoms in total. The third-order valence-electron chi connectivity index (χ3n) is 5.61. The molecule has 2 heterocycles. The molecular weight excluding hydrogens is 314 g/mol. The van der Waals surface area contributed by atoms with Gasteiger partial charge in [0.2, 0.25) is 0 Å². The summed E-state index contributed by atoms with van der Waals surface area (Å²) in [6, 6.07) is 8.04. The van der Waals surface area contributed by atoms with Crippen LogP contribution in [0.15, 0.2) is 24.3 Å². The van der Waals surface area contributed by atoms with Crippen LogP contribution in [0.25, 0.3) is 0 Å². The first-order chi connectivity index (χ1) is 12.1. The molecule has 2 aliphatic rings. The summed E-state index contributed by atoms with van der Waals surface area (Å²) in [5.74, 6) is 1.28. The fraction of sp³-hybridized carbons (Fsp3) is 0.667. The number of nitrogens with one attached hydrogen (secondary N) is 1. The van der Waals surface area contributed by atoms with Crippen molar-refractivity contribution < 1.29 is 19.2 Å². The van der Waals surface area contributed by atoms with E-state index in [-0.39, 0.29) is 12.1 Å². The Bertz CT molecular complexity index is 553. The van der Waals surface area contributed by atoms with Crippen molar-refractivity contribution >= 4 is 5.97 Å². The van der Waals surface area contributed by atoms with Gasteiger partial charge in [0.25, 0.3) is 0 Å². The molecule has 1 aromatic carbocycles. The first-order valence-electron chi connectivity index (χ1n) is 9.92. The average Bonchev–Trinajstić information content (AvgIpc) is 2.62. The summed E-state index contributed by atoms with van der Waals surface area (Å²) in [5, 5.41) is 0. The van der Waals surface area contributed by atoms with E-state index in [1.54, 1.807) is 17.0 Å². The van der Waals surface area contributed by atoms with Crippen LogP contribution in [0.3, 0.4) is 0 Å². The lowest BCUT2D eigenvalue weighted by Crippen LogP contribution is -3.18. The van der Waals surface area contributed by atoms with Gasteiger partial charge in [0.05, 0.1) is 37.4 Å². The molecule has 1 N–H and O–H groups in total. The zero-order valence-electron chi connectivity index (χ0n) is 15.6. The number of piperidine rings is 2. The minimum atomic E-state index is -0.222. The number of quaternary nitrogens is 1. The van der Waals surface area contributed by atoms with E-state index in [9.17, 15) is 4.79 Å². The van der Waals surface area contributed by atoms with E-state index in [4.69, 9.17) is 9.47 Å². The molecule has 0 aliphatic carbocycles. The van der Waals surface area contributed by atoms with Gasteiger partial charge >= 0.3 is 5.97 Å². The zero-order chi connectivity index (χ0) is 17.6. The van der Waals surface area contributed by atoms with Crippen molar-refractivity contribution in [3.63, 3.8) is 0 Å². The smallest absolute Gasteiger partial charge is 0.338 e. The number of fused-ring (bicyclic) bond motifs is 1. The number of carbonyl (C=O) groups is 1. The van der Waals surface area contributed by atoms with Crippen LogP contribution in [0, 0.1) is 5.92 Å². The van der Waals surface area contributed by atoms with Gasteiger partial charge in [-0.05, 0) is 76.6 Å². The van der Waals surface area contributed by atoms with Crippen LogP contribution in [-0.2, 0) is 4.74 Å². The molecule has 0 spiro atoms. The molecule has 3 atom stereocenters. The van der Waals surface area contributed by atoms with Crippen LogP contribution in [0.1, 0.15) is 62.7 Å².